The lowest BCUT2D eigenvalue weighted by molar-refractivity contribution is -0.132. The first-order chi connectivity index (χ1) is 6.79. The van der Waals surface area contributed by atoms with Gasteiger partial charge in [0, 0.05) is 11.8 Å². The van der Waals surface area contributed by atoms with Crippen molar-refractivity contribution in [1.29, 1.82) is 0 Å². The van der Waals surface area contributed by atoms with Gasteiger partial charge in [-0.2, -0.15) is 0 Å². The first-order valence-corrected chi connectivity index (χ1v) is 5.44. The summed E-state index contributed by atoms with van der Waals surface area (Å²) in [6.45, 7) is 0. The Bertz CT molecular complexity index is 310. The molecule has 0 aromatic heterocycles. The summed E-state index contributed by atoms with van der Waals surface area (Å²) in [5.74, 6) is 2.25. The van der Waals surface area contributed by atoms with Crippen molar-refractivity contribution in [3.8, 4) is 0 Å². The quantitative estimate of drug-likeness (QED) is 0.593. The Morgan fingerprint density at radius 1 is 1.21 bits per heavy atom. The molecule has 3 heteroatoms. The average Bonchev–Trinajstić information content (AvgIpc) is 2.18. The molecule has 4 saturated carbocycles. The van der Waals surface area contributed by atoms with E-state index in [1.54, 1.807) is 7.11 Å². The molecule has 4 bridgehead atoms. The molecule has 4 aliphatic carbocycles. The highest BCUT2D eigenvalue weighted by atomic mass is 16.6. The number of carbonyl (C=O) groups excluding carboxylic acids is 1. The van der Waals surface area contributed by atoms with E-state index in [1.165, 1.54) is 6.42 Å². The number of Topliss-reactive ketones (excluding diaryl/α,β-unsaturated/α-hetero) is 1. The van der Waals surface area contributed by atoms with Gasteiger partial charge in [-0.25, -0.2) is 0 Å². The molecule has 4 rings (SSSR count). The van der Waals surface area contributed by atoms with Crippen molar-refractivity contribution in [2.24, 2.45) is 28.8 Å². The summed E-state index contributed by atoms with van der Waals surface area (Å²) in [6.07, 6.45) is 4.45. The maximum Gasteiger partial charge on any atom is 0.144 e. The number of carbonyl (C=O) groups is 1. The van der Waals surface area contributed by atoms with Gasteiger partial charge in [0.15, 0.2) is 0 Å². The van der Waals surface area contributed by atoms with Crippen molar-refractivity contribution in [3.63, 3.8) is 0 Å². The third kappa shape index (κ3) is 0.983. The van der Waals surface area contributed by atoms with E-state index in [2.05, 4.69) is 5.16 Å². The summed E-state index contributed by atoms with van der Waals surface area (Å²) in [5, 5.41) is 4.07. The van der Waals surface area contributed by atoms with Crippen LogP contribution in [0.3, 0.4) is 0 Å². The van der Waals surface area contributed by atoms with Crippen molar-refractivity contribution in [1.82, 2.24) is 0 Å². The van der Waals surface area contributed by atoms with E-state index in [0.717, 1.165) is 30.9 Å². The predicted octanol–water partition coefficient (Wildman–Crippen LogP) is 1.62. The summed E-state index contributed by atoms with van der Waals surface area (Å²) < 4.78 is 0. The second-order valence-corrected chi connectivity index (χ2v) is 4.86. The second kappa shape index (κ2) is 2.81. The van der Waals surface area contributed by atoms with Crippen LogP contribution in [0.5, 0.6) is 0 Å². The normalized spacial score (nSPS) is 47.5. The van der Waals surface area contributed by atoms with E-state index in [0.29, 0.717) is 17.6 Å². The number of oxime groups is 1. The van der Waals surface area contributed by atoms with Gasteiger partial charge in [-0.3, -0.25) is 4.79 Å². The molecule has 4 aliphatic rings. The van der Waals surface area contributed by atoms with Crippen LogP contribution in [-0.4, -0.2) is 18.6 Å². The van der Waals surface area contributed by atoms with Gasteiger partial charge in [-0.1, -0.05) is 5.16 Å². The first-order valence-electron chi connectivity index (χ1n) is 5.44. The van der Waals surface area contributed by atoms with Crippen molar-refractivity contribution in [2.75, 3.05) is 7.11 Å². The molecule has 4 atom stereocenters. The van der Waals surface area contributed by atoms with Crippen molar-refractivity contribution in [2.45, 2.75) is 25.7 Å². The summed E-state index contributed by atoms with van der Waals surface area (Å²) in [6, 6.07) is 0. The van der Waals surface area contributed by atoms with Gasteiger partial charge in [-0.05, 0) is 31.6 Å². The Kier molecular flexibility index (Phi) is 1.70. The fourth-order valence-corrected chi connectivity index (χ4v) is 3.63. The molecule has 4 unspecified atom stereocenters. The SMILES string of the molecule is CON=C1C2CC3CC(C2)C(=O)C1C3. The number of nitrogens with zero attached hydrogens (tertiary/aromatic N) is 1. The van der Waals surface area contributed by atoms with Crippen LogP contribution >= 0.6 is 0 Å². The highest BCUT2D eigenvalue weighted by Crippen LogP contribution is 2.50. The molecule has 0 aromatic carbocycles. The maximum atomic E-state index is 11.9. The molecule has 0 amide bonds. The van der Waals surface area contributed by atoms with E-state index < -0.39 is 0 Å². The minimum absolute atomic E-state index is 0.117. The van der Waals surface area contributed by atoms with Crippen LogP contribution in [0, 0.1) is 23.7 Å². The molecule has 14 heavy (non-hydrogen) atoms. The number of rotatable bonds is 1. The van der Waals surface area contributed by atoms with Crippen molar-refractivity contribution in [3.05, 3.63) is 0 Å². The molecule has 0 saturated heterocycles. The third-order valence-electron chi connectivity index (χ3n) is 4.09. The number of hydrogen-bond acceptors (Lipinski definition) is 3. The lowest BCUT2D eigenvalue weighted by atomic mass is 9.55. The second-order valence-electron chi connectivity index (χ2n) is 4.86. The average molecular weight is 193 g/mol. The van der Waals surface area contributed by atoms with Crippen LogP contribution in [0.2, 0.25) is 0 Å². The smallest absolute Gasteiger partial charge is 0.144 e. The zero-order valence-electron chi connectivity index (χ0n) is 8.40. The molecule has 3 nitrogen and oxygen atoms in total. The lowest BCUT2D eigenvalue weighted by Gasteiger charge is -2.48. The Hall–Kier alpha value is -0.860. The molecular weight excluding hydrogens is 178 g/mol. The molecule has 0 heterocycles. The number of hydrogen-bond donors (Lipinski definition) is 0. The van der Waals surface area contributed by atoms with Crippen molar-refractivity contribution < 1.29 is 9.63 Å². The van der Waals surface area contributed by atoms with E-state index in [9.17, 15) is 4.79 Å². The van der Waals surface area contributed by atoms with Crippen LogP contribution in [0.15, 0.2) is 5.16 Å². The maximum absolute atomic E-state index is 11.9. The summed E-state index contributed by atoms with van der Waals surface area (Å²) >= 11 is 0. The minimum Gasteiger partial charge on any atom is -0.399 e. The van der Waals surface area contributed by atoms with Gasteiger partial charge in [0.1, 0.15) is 12.9 Å². The Balaban J connectivity index is 1.97. The van der Waals surface area contributed by atoms with Gasteiger partial charge in [0.2, 0.25) is 0 Å². The first kappa shape index (κ1) is 8.45. The molecule has 0 radical (unpaired) electrons. The van der Waals surface area contributed by atoms with E-state index >= 15 is 0 Å². The summed E-state index contributed by atoms with van der Waals surface area (Å²) in [7, 11) is 1.57. The monoisotopic (exact) mass is 193 g/mol. The van der Waals surface area contributed by atoms with Crippen LogP contribution in [0.25, 0.3) is 0 Å². The summed E-state index contributed by atoms with van der Waals surface area (Å²) in [5.41, 5.74) is 1.05. The summed E-state index contributed by atoms with van der Waals surface area (Å²) in [4.78, 5) is 16.8. The Morgan fingerprint density at radius 2 is 2.00 bits per heavy atom. The van der Waals surface area contributed by atoms with Crippen LogP contribution < -0.4 is 0 Å². The molecule has 0 aromatic rings. The number of ketones is 1. The molecule has 0 N–H and O–H groups in total. The van der Waals surface area contributed by atoms with E-state index in [4.69, 9.17) is 4.84 Å². The lowest BCUT2D eigenvalue weighted by Crippen LogP contribution is -2.51. The highest BCUT2D eigenvalue weighted by molar-refractivity contribution is 6.10. The van der Waals surface area contributed by atoms with Crippen molar-refractivity contribution >= 4 is 11.5 Å². The minimum atomic E-state index is 0.117. The van der Waals surface area contributed by atoms with Gasteiger partial charge >= 0.3 is 0 Å². The fraction of sp³-hybridized carbons (Fsp3) is 0.818. The predicted molar refractivity (Wildman–Crippen MR) is 51.9 cm³/mol. The Labute approximate surface area is 83.5 Å². The van der Waals surface area contributed by atoms with Gasteiger partial charge in [0.25, 0.3) is 0 Å². The van der Waals surface area contributed by atoms with E-state index in [-0.39, 0.29) is 5.92 Å². The van der Waals surface area contributed by atoms with Crippen LogP contribution in [0.4, 0.5) is 0 Å². The van der Waals surface area contributed by atoms with E-state index in [1.807, 2.05) is 0 Å². The largest absolute Gasteiger partial charge is 0.399 e. The fourth-order valence-electron chi connectivity index (χ4n) is 3.63. The van der Waals surface area contributed by atoms with Crippen LogP contribution in [-0.2, 0) is 9.63 Å². The Morgan fingerprint density at radius 3 is 2.79 bits per heavy atom. The van der Waals surface area contributed by atoms with Gasteiger partial charge in [0.05, 0.1) is 11.6 Å². The van der Waals surface area contributed by atoms with Crippen LogP contribution in [0.1, 0.15) is 25.7 Å². The molecule has 0 spiro atoms. The third-order valence-corrected chi connectivity index (χ3v) is 4.09. The topological polar surface area (TPSA) is 38.7 Å². The molecule has 0 aliphatic heterocycles. The zero-order valence-corrected chi connectivity index (χ0v) is 8.40. The highest BCUT2D eigenvalue weighted by Gasteiger charge is 2.51. The van der Waals surface area contributed by atoms with Gasteiger partial charge < -0.3 is 4.84 Å². The molecule has 76 valence electrons. The molecule has 4 fully saturated rings. The van der Waals surface area contributed by atoms with Gasteiger partial charge in [-0.15, -0.1) is 0 Å². The standard InChI is InChI=1S/C11H15NO2/c1-14-12-10-7-2-6-3-8(5-7)11(13)9(10)4-6/h6-9H,2-5H2,1H3. The zero-order chi connectivity index (χ0) is 9.71. The molecular formula is C11H15NO2.